The van der Waals surface area contributed by atoms with E-state index in [0.717, 1.165) is 0 Å². The maximum atomic E-state index is 13.8. The fourth-order valence-corrected chi connectivity index (χ4v) is 3.10. The summed E-state index contributed by atoms with van der Waals surface area (Å²) in [6.07, 6.45) is 4.11. The van der Waals surface area contributed by atoms with E-state index in [-0.39, 0.29) is 12.0 Å². The zero-order valence-electron chi connectivity index (χ0n) is 12.2. The van der Waals surface area contributed by atoms with E-state index in [2.05, 4.69) is 4.98 Å². The molecule has 2 heterocycles. The number of benzene rings is 1. The molecule has 1 unspecified atom stereocenters. The molecule has 0 N–H and O–H groups in total. The van der Waals surface area contributed by atoms with E-state index in [1.165, 1.54) is 25.0 Å². The molecule has 1 atom stereocenters. The number of ether oxygens (including phenoxy) is 1. The Morgan fingerprint density at radius 1 is 1.36 bits per heavy atom. The van der Waals surface area contributed by atoms with Crippen molar-refractivity contribution in [2.75, 3.05) is 19.7 Å². The minimum atomic E-state index is -0.407. The minimum Gasteiger partial charge on any atom is -0.374 e. The van der Waals surface area contributed by atoms with Crippen LogP contribution in [0.15, 0.2) is 30.5 Å². The van der Waals surface area contributed by atoms with Gasteiger partial charge in [0.05, 0.1) is 23.8 Å². The van der Waals surface area contributed by atoms with Gasteiger partial charge < -0.3 is 9.64 Å². The molecule has 2 fully saturated rings. The van der Waals surface area contributed by atoms with Crippen molar-refractivity contribution >= 4 is 16.8 Å². The Morgan fingerprint density at radius 3 is 3.05 bits per heavy atom. The van der Waals surface area contributed by atoms with Crippen molar-refractivity contribution in [3.8, 4) is 0 Å². The van der Waals surface area contributed by atoms with Gasteiger partial charge in [-0.05, 0) is 37.0 Å². The molecular formula is C17H17FN2O2. The number of pyridine rings is 1. The quantitative estimate of drug-likeness (QED) is 0.856. The first-order valence-corrected chi connectivity index (χ1v) is 7.67. The molecule has 2 aromatic rings. The predicted molar refractivity (Wildman–Crippen MR) is 80.1 cm³/mol. The van der Waals surface area contributed by atoms with Gasteiger partial charge in [-0.1, -0.05) is 6.07 Å². The largest absolute Gasteiger partial charge is 0.374 e. The van der Waals surface area contributed by atoms with E-state index in [9.17, 15) is 9.18 Å². The van der Waals surface area contributed by atoms with Crippen LogP contribution in [0, 0.1) is 11.7 Å². The number of hydrogen-bond acceptors (Lipinski definition) is 3. The molecule has 1 saturated carbocycles. The van der Waals surface area contributed by atoms with Crippen LogP contribution in [0.4, 0.5) is 4.39 Å². The highest BCUT2D eigenvalue weighted by Gasteiger charge is 2.36. The highest BCUT2D eigenvalue weighted by Crippen LogP contribution is 2.36. The van der Waals surface area contributed by atoms with Crippen molar-refractivity contribution in [1.29, 1.82) is 0 Å². The summed E-state index contributed by atoms with van der Waals surface area (Å²) in [6, 6.07) is 6.22. The zero-order valence-corrected chi connectivity index (χ0v) is 12.2. The summed E-state index contributed by atoms with van der Waals surface area (Å²) < 4.78 is 19.6. The van der Waals surface area contributed by atoms with E-state index in [1.807, 2.05) is 0 Å². The number of halogens is 1. The number of fused-ring (bicyclic) bond motifs is 1. The van der Waals surface area contributed by atoms with E-state index in [0.29, 0.717) is 42.1 Å². The number of rotatable bonds is 2. The van der Waals surface area contributed by atoms with Gasteiger partial charge in [0.1, 0.15) is 5.82 Å². The minimum absolute atomic E-state index is 0.130. The summed E-state index contributed by atoms with van der Waals surface area (Å²) in [7, 11) is 0. The summed E-state index contributed by atoms with van der Waals surface area (Å²) in [5.41, 5.74) is 0.899. The van der Waals surface area contributed by atoms with Crippen LogP contribution in [-0.2, 0) is 4.74 Å². The number of nitrogens with zero attached hydrogens (tertiary/aromatic N) is 2. The lowest BCUT2D eigenvalue weighted by Crippen LogP contribution is -2.46. The number of morpholine rings is 1. The molecule has 0 bridgehead atoms. The average molecular weight is 300 g/mol. The normalized spacial score (nSPS) is 22.0. The molecule has 4 rings (SSSR count). The smallest absolute Gasteiger partial charge is 0.256 e. The van der Waals surface area contributed by atoms with Crippen LogP contribution in [0.25, 0.3) is 10.9 Å². The Hall–Kier alpha value is -2.01. The van der Waals surface area contributed by atoms with Crippen LogP contribution in [0.5, 0.6) is 0 Å². The topological polar surface area (TPSA) is 42.4 Å². The molecule has 2 aliphatic rings. The van der Waals surface area contributed by atoms with Gasteiger partial charge in [-0.3, -0.25) is 9.78 Å². The number of carbonyl (C=O) groups is 1. The Bertz CT molecular complexity index is 730. The molecular weight excluding hydrogens is 283 g/mol. The Morgan fingerprint density at radius 2 is 2.23 bits per heavy atom. The highest BCUT2D eigenvalue weighted by atomic mass is 19.1. The van der Waals surface area contributed by atoms with Gasteiger partial charge in [0.15, 0.2) is 0 Å². The van der Waals surface area contributed by atoms with Gasteiger partial charge in [0.25, 0.3) is 5.91 Å². The monoisotopic (exact) mass is 300 g/mol. The molecule has 1 aliphatic carbocycles. The number of aromatic nitrogens is 1. The lowest BCUT2D eigenvalue weighted by Gasteiger charge is -2.33. The second-order valence-electron chi connectivity index (χ2n) is 6.03. The molecule has 1 aromatic carbocycles. The highest BCUT2D eigenvalue weighted by molar-refractivity contribution is 6.05. The predicted octanol–water partition coefficient (Wildman–Crippen LogP) is 2.62. The zero-order chi connectivity index (χ0) is 15.1. The SMILES string of the molecule is O=C(c1cc(F)cc2cccnc12)N1CCOC(C2CC2)C1. The molecule has 1 aliphatic heterocycles. The fourth-order valence-electron chi connectivity index (χ4n) is 3.10. The van der Waals surface area contributed by atoms with Crippen LogP contribution >= 0.6 is 0 Å². The summed E-state index contributed by atoms with van der Waals surface area (Å²) in [6.45, 7) is 1.69. The molecule has 0 radical (unpaired) electrons. The van der Waals surface area contributed by atoms with Crippen LogP contribution in [0.3, 0.4) is 0 Å². The molecule has 1 amide bonds. The van der Waals surface area contributed by atoms with Crippen LogP contribution < -0.4 is 0 Å². The Kier molecular flexibility index (Phi) is 3.30. The third-order valence-electron chi connectivity index (χ3n) is 4.43. The van der Waals surface area contributed by atoms with Crippen LogP contribution in [-0.4, -0.2) is 41.6 Å². The van der Waals surface area contributed by atoms with Crippen LogP contribution in [0.2, 0.25) is 0 Å². The molecule has 1 aromatic heterocycles. The summed E-state index contributed by atoms with van der Waals surface area (Å²) >= 11 is 0. The second-order valence-corrected chi connectivity index (χ2v) is 6.03. The third kappa shape index (κ3) is 2.46. The second kappa shape index (κ2) is 5.32. The summed E-state index contributed by atoms with van der Waals surface area (Å²) in [5.74, 6) is 0.0194. The van der Waals surface area contributed by atoms with E-state index < -0.39 is 5.82 Å². The lowest BCUT2D eigenvalue weighted by molar-refractivity contribution is -0.0313. The first-order chi connectivity index (χ1) is 10.7. The molecule has 22 heavy (non-hydrogen) atoms. The van der Waals surface area contributed by atoms with Gasteiger partial charge >= 0.3 is 0 Å². The van der Waals surface area contributed by atoms with Crippen LogP contribution in [0.1, 0.15) is 23.2 Å². The van der Waals surface area contributed by atoms with E-state index in [4.69, 9.17) is 4.74 Å². The molecule has 4 nitrogen and oxygen atoms in total. The maximum absolute atomic E-state index is 13.8. The number of hydrogen-bond donors (Lipinski definition) is 0. The number of carbonyl (C=O) groups excluding carboxylic acids is 1. The standard InChI is InChI=1S/C17H17FN2O2/c18-13-8-12-2-1-5-19-16(12)14(9-13)17(21)20-6-7-22-15(10-20)11-3-4-11/h1-2,5,8-9,11,15H,3-4,6-7,10H2. The van der Waals surface area contributed by atoms with Crippen molar-refractivity contribution in [3.05, 3.63) is 41.8 Å². The van der Waals surface area contributed by atoms with Crippen molar-refractivity contribution in [1.82, 2.24) is 9.88 Å². The van der Waals surface area contributed by atoms with Gasteiger partial charge in [-0.25, -0.2) is 4.39 Å². The first kappa shape index (κ1) is 13.6. The van der Waals surface area contributed by atoms with E-state index >= 15 is 0 Å². The Balaban J connectivity index is 1.67. The van der Waals surface area contributed by atoms with Crippen molar-refractivity contribution < 1.29 is 13.9 Å². The maximum Gasteiger partial charge on any atom is 0.256 e. The van der Waals surface area contributed by atoms with Gasteiger partial charge in [-0.2, -0.15) is 0 Å². The average Bonchev–Trinajstić information content (AvgIpc) is 3.38. The third-order valence-corrected chi connectivity index (χ3v) is 4.43. The molecule has 1 saturated heterocycles. The first-order valence-electron chi connectivity index (χ1n) is 7.67. The van der Waals surface area contributed by atoms with Crippen molar-refractivity contribution in [3.63, 3.8) is 0 Å². The Labute approximate surface area is 127 Å². The lowest BCUT2D eigenvalue weighted by atomic mass is 10.1. The summed E-state index contributed by atoms with van der Waals surface area (Å²) in [5, 5.41) is 0.651. The van der Waals surface area contributed by atoms with Crippen molar-refractivity contribution in [2.24, 2.45) is 5.92 Å². The number of amides is 1. The van der Waals surface area contributed by atoms with Crippen molar-refractivity contribution in [2.45, 2.75) is 18.9 Å². The van der Waals surface area contributed by atoms with Gasteiger partial charge in [0, 0.05) is 24.7 Å². The van der Waals surface area contributed by atoms with E-state index in [1.54, 1.807) is 23.2 Å². The van der Waals surface area contributed by atoms with Gasteiger partial charge in [-0.15, -0.1) is 0 Å². The fraction of sp³-hybridized carbons (Fsp3) is 0.412. The van der Waals surface area contributed by atoms with Gasteiger partial charge in [0.2, 0.25) is 0 Å². The molecule has 5 heteroatoms. The summed E-state index contributed by atoms with van der Waals surface area (Å²) in [4.78, 5) is 18.9. The molecule has 0 spiro atoms. The molecule has 114 valence electrons.